The molecule has 2 rings (SSSR count). The summed E-state index contributed by atoms with van der Waals surface area (Å²) in [5.74, 6) is 0. The number of benzene rings is 1. The number of H-pyrrole nitrogens is 1. The molecule has 0 spiro atoms. The van der Waals surface area contributed by atoms with Crippen molar-refractivity contribution in [3.05, 3.63) is 30.6 Å². The molecule has 0 radical (unpaired) electrons. The molecule has 0 saturated carbocycles. The summed E-state index contributed by atoms with van der Waals surface area (Å²) in [4.78, 5) is 7.07. The minimum Gasteiger partial charge on any atom is -0.345 e. The maximum absolute atomic E-state index is 10.7. The molecule has 1 N–H and O–H groups in total. The van der Waals surface area contributed by atoms with Crippen molar-refractivity contribution < 1.29 is 26.6 Å². The Morgan fingerprint density at radius 2 is 1.50 bits per heavy atom. The van der Waals surface area contributed by atoms with Crippen molar-refractivity contribution in [3.8, 4) is 0 Å². The van der Waals surface area contributed by atoms with Crippen LogP contribution in [0.15, 0.2) is 30.6 Å². The van der Waals surface area contributed by atoms with Gasteiger partial charge in [0, 0.05) is 0 Å². The number of fused-ring (bicyclic) bond motifs is 1. The summed E-state index contributed by atoms with van der Waals surface area (Å²) in [7, 11) is -10.7. The molecular formula is C7H7F6N2P. The third-order valence-corrected chi connectivity index (χ3v) is 1.33. The van der Waals surface area contributed by atoms with Crippen LogP contribution < -0.4 is 0 Å². The van der Waals surface area contributed by atoms with Gasteiger partial charge >= 0.3 is 34.4 Å². The van der Waals surface area contributed by atoms with Crippen LogP contribution in [-0.2, 0) is 0 Å². The van der Waals surface area contributed by atoms with Crippen LogP contribution in [0.25, 0.3) is 11.0 Å². The molecule has 0 aliphatic heterocycles. The zero-order valence-corrected chi connectivity index (χ0v) is 8.44. The van der Waals surface area contributed by atoms with Gasteiger partial charge in [-0.05, 0) is 12.1 Å². The summed E-state index contributed by atoms with van der Waals surface area (Å²) in [5.41, 5.74) is 2.12. The Kier molecular flexibility index (Phi) is 2.47. The number of hydrogen-bond acceptors (Lipinski definition) is 1. The van der Waals surface area contributed by atoms with E-state index in [4.69, 9.17) is 0 Å². The second kappa shape index (κ2) is 3.10. The molecule has 0 aliphatic carbocycles. The third kappa shape index (κ3) is 7.05. The van der Waals surface area contributed by atoms with Gasteiger partial charge in [-0.15, -0.1) is 0 Å². The molecule has 1 aromatic carbocycles. The fourth-order valence-electron chi connectivity index (χ4n) is 0.880. The Bertz CT molecular complexity index is 451. The van der Waals surface area contributed by atoms with E-state index < -0.39 is 7.81 Å². The van der Waals surface area contributed by atoms with E-state index in [1.807, 2.05) is 24.3 Å². The van der Waals surface area contributed by atoms with Crippen LogP contribution in [0.1, 0.15) is 1.43 Å². The van der Waals surface area contributed by atoms with E-state index in [0.29, 0.717) is 0 Å². The van der Waals surface area contributed by atoms with Crippen LogP contribution in [0.3, 0.4) is 0 Å². The van der Waals surface area contributed by atoms with Gasteiger partial charge in [0.1, 0.15) is 0 Å². The minimum absolute atomic E-state index is 0. The molecule has 2 nitrogen and oxygen atoms in total. The van der Waals surface area contributed by atoms with E-state index in [0.717, 1.165) is 11.0 Å². The number of hydrogen-bond donors (Lipinski definition) is 1. The number of nitrogens with zero attached hydrogens (tertiary/aromatic N) is 1. The predicted molar refractivity (Wildman–Crippen MR) is 50.8 cm³/mol. The number of rotatable bonds is 0. The van der Waals surface area contributed by atoms with Crippen molar-refractivity contribution in [2.75, 3.05) is 0 Å². The van der Waals surface area contributed by atoms with Gasteiger partial charge < -0.3 is 4.98 Å². The summed E-state index contributed by atoms with van der Waals surface area (Å²) in [5, 5.41) is 0. The van der Waals surface area contributed by atoms with Crippen LogP contribution in [0, 0.1) is 0 Å². The molecule has 16 heavy (non-hydrogen) atoms. The summed E-state index contributed by atoms with van der Waals surface area (Å²) >= 11 is 0. The third-order valence-electron chi connectivity index (χ3n) is 1.33. The number of nitrogens with one attached hydrogen (secondary N) is 1. The van der Waals surface area contributed by atoms with Gasteiger partial charge in [-0.25, -0.2) is 4.98 Å². The molecule has 0 bridgehead atoms. The monoisotopic (exact) mass is 264 g/mol. The van der Waals surface area contributed by atoms with Crippen LogP contribution in [0.2, 0.25) is 0 Å². The summed E-state index contributed by atoms with van der Waals surface area (Å²) in [6.45, 7) is 0. The second-order valence-electron chi connectivity index (χ2n) is 2.88. The van der Waals surface area contributed by atoms with Crippen molar-refractivity contribution in [2.45, 2.75) is 0 Å². The Balaban J connectivity index is 0.000000296. The Labute approximate surface area is 87.0 Å². The second-order valence-corrected chi connectivity index (χ2v) is 4.79. The summed E-state index contributed by atoms with van der Waals surface area (Å²) in [6.07, 6.45) is 1.70. The first-order chi connectivity index (χ1) is 6.92. The molecule has 1 heterocycles. The van der Waals surface area contributed by atoms with Gasteiger partial charge in [0.15, 0.2) is 0 Å². The maximum Gasteiger partial charge on any atom is 1.00 e. The first-order valence-electron chi connectivity index (χ1n) is 3.86. The topological polar surface area (TPSA) is 28.7 Å². The van der Waals surface area contributed by atoms with Gasteiger partial charge in [-0.1, -0.05) is 12.1 Å². The van der Waals surface area contributed by atoms with Gasteiger partial charge in [0.05, 0.1) is 17.4 Å². The molecule has 9 heteroatoms. The van der Waals surface area contributed by atoms with Crippen molar-refractivity contribution in [3.63, 3.8) is 0 Å². The first kappa shape index (κ1) is 12.8. The van der Waals surface area contributed by atoms with Crippen molar-refractivity contribution in [1.29, 1.82) is 0 Å². The molecule has 0 saturated heterocycles. The normalized spacial score (nSPS) is 15.9. The molecule has 0 atom stereocenters. The SMILES string of the molecule is F[P-](F)(F)(F)(F)F.[H+].c1ccc2[nH]cnc2c1. The molecule has 0 fully saturated rings. The average Bonchev–Trinajstić information content (AvgIpc) is 2.44. The predicted octanol–water partition coefficient (Wildman–Crippen LogP) is 5.06. The number of imidazole rings is 1. The fraction of sp³-hybridized carbons (Fsp3) is 0. The van der Waals surface area contributed by atoms with Crippen LogP contribution in [-0.4, -0.2) is 9.97 Å². The minimum atomic E-state index is -10.7. The molecule has 0 aliphatic rings. The average molecular weight is 264 g/mol. The quantitative estimate of drug-likeness (QED) is 0.523. The van der Waals surface area contributed by atoms with Gasteiger partial charge in [-0.2, -0.15) is 0 Å². The van der Waals surface area contributed by atoms with E-state index in [2.05, 4.69) is 9.97 Å². The summed E-state index contributed by atoms with van der Waals surface area (Å²) < 4.78 is 59.2. The van der Waals surface area contributed by atoms with Crippen molar-refractivity contribution in [1.82, 2.24) is 9.97 Å². The van der Waals surface area contributed by atoms with Gasteiger partial charge in [0.25, 0.3) is 0 Å². The Morgan fingerprint density at radius 3 is 2.00 bits per heavy atom. The van der Waals surface area contributed by atoms with E-state index >= 15 is 0 Å². The van der Waals surface area contributed by atoms with E-state index in [9.17, 15) is 25.2 Å². The molecule has 0 unspecified atom stereocenters. The number of aromatic nitrogens is 2. The summed E-state index contributed by atoms with van der Waals surface area (Å²) in [6, 6.07) is 7.94. The number of aromatic amines is 1. The zero-order chi connectivity index (χ0) is 12.5. The standard InChI is InChI=1S/C7H6N2.F6P/c1-2-4-7-6(3-1)8-5-9-7;1-7(2,3,4,5)6/h1-5H,(H,8,9);/q;-1/p+1. The molecule has 92 valence electrons. The number of halogens is 6. The zero-order valence-electron chi connectivity index (χ0n) is 8.55. The smallest absolute Gasteiger partial charge is 0.345 e. The van der Waals surface area contributed by atoms with Gasteiger partial charge in [-0.3, -0.25) is 0 Å². The van der Waals surface area contributed by atoms with E-state index in [1.165, 1.54) is 0 Å². The number of para-hydroxylation sites is 2. The largest absolute Gasteiger partial charge is 1.00 e. The Morgan fingerprint density at radius 1 is 1.00 bits per heavy atom. The van der Waals surface area contributed by atoms with E-state index in [1.54, 1.807) is 6.33 Å². The molecular weight excluding hydrogens is 257 g/mol. The molecule has 0 amide bonds. The van der Waals surface area contributed by atoms with Crippen LogP contribution in [0.5, 0.6) is 0 Å². The van der Waals surface area contributed by atoms with Crippen molar-refractivity contribution >= 4 is 18.8 Å². The Hall–Kier alpha value is -1.30. The molecule has 2 aromatic rings. The maximum atomic E-state index is 9.87. The van der Waals surface area contributed by atoms with Crippen LogP contribution in [0.4, 0.5) is 25.2 Å². The fourth-order valence-corrected chi connectivity index (χ4v) is 0.880. The molecule has 1 aromatic heterocycles. The van der Waals surface area contributed by atoms with Crippen molar-refractivity contribution in [2.24, 2.45) is 0 Å². The van der Waals surface area contributed by atoms with Gasteiger partial charge in [0.2, 0.25) is 0 Å². The van der Waals surface area contributed by atoms with Crippen LogP contribution >= 0.6 is 7.81 Å². The first-order valence-corrected chi connectivity index (χ1v) is 5.89. The van der Waals surface area contributed by atoms with E-state index in [-0.39, 0.29) is 1.43 Å².